The van der Waals surface area contributed by atoms with Crippen LogP contribution in [0.25, 0.3) is 0 Å². The number of nitrogens with zero attached hydrogens (tertiary/aromatic N) is 2. The van der Waals surface area contributed by atoms with Crippen molar-refractivity contribution in [2.45, 2.75) is 31.9 Å². The molecule has 2 atom stereocenters. The number of hydrogen-bond acceptors (Lipinski definition) is 5. The second-order valence-electron chi connectivity index (χ2n) is 4.50. The summed E-state index contributed by atoms with van der Waals surface area (Å²) < 4.78 is 5.78. The zero-order valence-electron chi connectivity index (χ0n) is 10.3. The van der Waals surface area contributed by atoms with Crippen molar-refractivity contribution in [2.75, 3.05) is 26.2 Å². The molecule has 1 aromatic rings. The van der Waals surface area contributed by atoms with E-state index >= 15 is 0 Å². The Morgan fingerprint density at radius 1 is 1.71 bits per heavy atom. The molecule has 2 unspecified atom stereocenters. The SMILES string of the molecule is CCCN1CCOC(C(N)Cc2nccs2)C1. The van der Waals surface area contributed by atoms with Crippen LogP contribution in [0.15, 0.2) is 11.6 Å². The molecule has 0 amide bonds. The molecule has 0 spiro atoms. The van der Waals surface area contributed by atoms with Crippen molar-refractivity contribution in [2.24, 2.45) is 5.73 Å². The summed E-state index contributed by atoms with van der Waals surface area (Å²) in [6.07, 6.45) is 3.99. The first kappa shape index (κ1) is 13.0. The van der Waals surface area contributed by atoms with E-state index < -0.39 is 0 Å². The molecule has 0 aliphatic carbocycles. The summed E-state index contributed by atoms with van der Waals surface area (Å²) in [5.41, 5.74) is 6.21. The van der Waals surface area contributed by atoms with Crippen molar-refractivity contribution in [3.8, 4) is 0 Å². The van der Waals surface area contributed by atoms with Crippen LogP contribution in [-0.2, 0) is 11.2 Å². The van der Waals surface area contributed by atoms with Crippen molar-refractivity contribution < 1.29 is 4.74 Å². The maximum Gasteiger partial charge on any atom is 0.0941 e. The van der Waals surface area contributed by atoms with Crippen molar-refractivity contribution >= 4 is 11.3 Å². The van der Waals surface area contributed by atoms with Crippen LogP contribution < -0.4 is 5.73 Å². The number of rotatable bonds is 5. The molecule has 0 saturated carbocycles. The van der Waals surface area contributed by atoms with Gasteiger partial charge in [0.05, 0.1) is 17.7 Å². The highest BCUT2D eigenvalue weighted by Crippen LogP contribution is 2.13. The third-order valence-electron chi connectivity index (χ3n) is 3.09. The lowest BCUT2D eigenvalue weighted by atomic mass is 10.1. The molecular weight excluding hydrogens is 234 g/mol. The van der Waals surface area contributed by atoms with Gasteiger partial charge in [-0.2, -0.15) is 0 Å². The highest BCUT2D eigenvalue weighted by atomic mass is 32.1. The van der Waals surface area contributed by atoms with E-state index in [2.05, 4.69) is 16.8 Å². The monoisotopic (exact) mass is 255 g/mol. The molecule has 4 nitrogen and oxygen atoms in total. The maximum absolute atomic E-state index is 6.21. The summed E-state index contributed by atoms with van der Waals surface area (Å²) in [5, 5.41) is 3.10. The second kappa shape index (κ2) is 6.44. The Balaban J connectivity index is 1.84. The minimum Gasteiger partial charge on any atom is -0.374 e. The van der Waals surface area contributed by atoms with E-state index in [9.17, 15) is 0 Å². The van der Waals surface area contributed by atoms with Gasteiger partial charge in [-0.25, -0.2) is 4.98 Å². The standard InChI is InChI=1S/C12H21N3OS/c1-2-4-15-5-6-16-11(9-15)10(13)8-12-14-3-7-17-12/h3,7,10-11H,2,4-6,8-9,13H2,1H3. The van der Waals surface area contributed by atoms with Gasteiger partial charge in [0.25, 0.3) is 0 Å². The lowest BCUT2D eigenvalue weighted by Gasteiger charge is -2.35. The lowest BCUT2D eigenvalue weighted by molar-refractivity contribution is -0.0400. The number of morpholine rings is 1. The van der Waals surface area contributed by atoms with Crippen molar-refractivity contribution in [3.05, 3.63) is 16.6 Å². The van der Waals surface area contributed by atoms with Crippen LogP contribution in [0, 0.1) is 0 Å². The smallest absolute Gasteiger partial charge is 0.0941 e. The zero-order chi connectivity index (χ0) is 12.1. The Morgan fingerprint density at radius 3 is 3.29 bits per heavy atom. The van der Waals surface area contributed by atoms with E-state index in [0.29, 0.717) is 0 Å². The molecule has 2 heterocycles. The third-order valence-corrected chi connectivity index (χ3v) is 3.89. The van der Waals surface area contributed by atoms with Gasteiger partial charge in [0.15, 0.2) is 0 Å². The van der Waals surface area contributed by atoms with Crippen molar-refractivity contribution in [3.63, 3.8) is 0 Å². The van der Waals surface area contributed by atoms with Crippen LogP contribution >= 0.6 is 11.3 Å². The molecule has 2 N–H and O–H groups in total. The number of ether oxygens (including phenoxy) is 1. The fourth-order valence-electron chi connectivity index (χ4n) is 2.20. The fraction of sp³-hybridized carbons (Fsp3) is 0.750. The van der Waals surface area contributed by atoms with Gasteiger partial charge in [-0.15, -0.1) is 11.3 Å². The molecule has 1 aliphatic heterocycles. The Morgan fingerprint density at radius 2 is 2.59 bits per heavy atom. The van der Waals surface area contributed by atoms with E-state index in [4.69, 9.17) is 10.5 Å². The lowest BCUT2D eigenvalue weighted by Crippen LogP contribution is -2.51. The quantitative estimate of drug-likeness (QED) is 0.857. The molecule has 1 saturated heterocycles. The van der Waals surface area contributed by atoms with Gasteiger partial charge in [0, 0.05) is 37.1 Å². The first-order chi connectivity index (χ1) is 8.29. The van der Waals surface area contributed by atoms with E-state index in [1.165, 1.54) is 6.42 Å². The van der Waals surface area contributed by atoms with Gasteiger partial charge < -0.3 is 10.5 Å². The van der Waals surface area contributed by atoms with Gasteiger partial charge in [-0.3, -0.25) is 4.90 Å². The number of nitrogens with two attached hydrogens (primary N) is 1. The van der Waals surface area contributed by atoms with Gasteiger partial charge in [0.2, 0.25) is 0 Å². The third kappa shape index (κ3) is 3.74. The summed E-state index contributed by atoms with van der Waals surface area (Å²) in [6.45, 7) is 6.15. The van der Waals surface area contributed by atoms with Crippen LogP contribution in [0.3, 0.4) is 0 Å². The predicted molar refractivity (Wildman–Crippen MR) is 70.3 cm³/mol. The molecule has 0 bridgehead atoms. The summed E-state index contributed by atoms with van der Waals surface area (Å²) in [5.74, 6) is 0. The van der Waals surface area contributed by atoms with E-state index in [0.717, 1.165) is 37.7 Å². The number of aromatic nitrogens is 1. The number of hydrogen-bond donors (Lipinski definition) is 1. The molecule has 1 aliphatic rings. The molecule has 2 rings (SSSR count). The normalized spacial score (nSPS) is 23.8. The first-order valence-corrected chi connectivity index (χ1v) is 7.15. The molecule has 1 aromatic heterocycles. The summed E-state index contributed by atoms with van der Waals surface area (Å²) in [6, 6.07) is 0.0563. The Labute approximate surface area is 107 Å². The van der Waals surface area contributed by atoms with Gasteiger partial charge in [-0.05, 0) is 13.0 Å². The molecule has 17 heavy (non-hydrogen) atoms. The van der Waals surface area contributed by atoms with E-state index in [-0.39, 0.29) is 12.1 Å². The average Bonchev–Trinajstić information content (AvgIpc) is 2.83. The van der Waals surface area contributed by atoms with Crippen LogP contribution in [0.1, 0.15) is 18.4 Å². The van der Waals surface area contributed by atoms with Crippen LogP contribution in [0.5, 0.6) is 0 Å². The van der Waals surface area contributed by atoms with Crippen LogP contribution in [-0.4, -0.2) is 48.3 Å². The zero-order valence-corrected chi connectivity index (χ0v) is 11.2. The minimum absolute atomic E-state index is 0.0563. The molecule has 1 fully saturated rings. The van der Waals surface area contributed by atoms with Gasteiger partial charge in [-0.1, -0.05) is 6.92 Å². The van der Waals surface area contributed by atoms with Crippen molar-refractivity contribution in [1.82, 2.24) is 9.88 Å². The second-order valence-corrected chi connectivity index (χ2v) is 5.48. The topological polar surface area (TPSA) is 51.4 Å². The minimum atomic E-state index is 0.0563. The summed E-state index contributed by atoms with van der Waals surface area (Å²) in [4.78, 5) is 6.72. The molecule has 0 radical (unpaired) electrons. The Hall–Kier alpha value is -0.490. The van der Waals surface area contributed by atoms with E-state index in [1.54, 1.807) is 11.3 Å². The average molecular weight is 255 g/mol. The number of thiazole rings is 1. The molecule has 96 valence electrons. The summed E-state index contributed by atoms with van der Waals surface area (Å²) in [7, 11) is 0. The largest absolute Gasteiger partial charge is 0.374 e. The Bertz CT molecular complexity index is 316. The Kier molecular flexibility index (Phi) is 4.91. The molecule has 5 heteroatoms. The first-order valence-electron chi connectivity index (χ1n) is 6.27. The predicted octanol–water partition coefficient (Wildman–Crippen LogP) is 1.12. The van der Waals surface area contributed by atoms with Gasteiger partial charge in [0.1, 0.15) is 0 Å². The van der Waals surface area contributed by atoms with Crippen LogP contribution in [0.2, 0.25) is 0 Å². The molecular formula is C12H21N3OS. The van der Waals surface area contributed by atoms with Crippen molar-refractivity contribution in [1.29, 1.82) is 0 Å². The highest BCUT2D eigenvalue weighted by Gasteiger charge is 2.25. The molecule has 0 aromatic carbocycles. The fourth-order valence-corrected chi connectivity index (χ4v) is 2.89. The van der Waals surface area contributed by atoms with Crippen LogP contribution in [0.4, 0.5) is 0 Å². The maximum atomic E-state index is 6.21. The van der Waals surface area contributed by atoms with E-state index in [1.807, 2.05) is 11.6 Å². The summed E-state index contributed by atoms with van der Waals surface area (Å²) >= 11 is 1.67. The van der Waals surface area contributed by atoms with Gasteiger partial charge >= 0.3 is 0 Å². The highest BCUT2D eigenvalue weighted by molar-refractivity contribution is 7.09.